The fraction of sp³-hybridized carbons (Fsp3) is 0.600. The molecule has 0 aliphatic carbocycles. The lowest BCUT2D eigenvalue weighted by Gasteiger charge is -2.14. The summed E-state index contributed by atoms with van der Waals surface area (Å²) in [4.78, 5) is 0. The Bertz CT molecular complexity index is 324. The van der Waals surface area contributed by atoms with E-state index in [1.807, 2.05) is 12.1 Å². The van der Waals surface area contributed by atoms with Gasteiger partial charge in [0.15, 0.2) is 0 Å². The Hall–Kier alpha value is -0.600. The second kappa shape index (κ2) is 8.49. The van der Waals surface area contributed by atoms with Crippen LogP contribution in [0.15, 0.2) is 24.3 Å². The minimum Gasteiger partial charge on any atom is -0.381 e. The first kappa shape index (κ1) is 15.5. The number of alkyl halides is 1. The third kappa shape index (κ3) is 6.36. The Morgan fingerprint density at radius 1 is 1.22 bits per heavy atom. The molecule has 0 heterocycles. The fourth-order valence-corrected chi connectivity index (χ4v) is 2.02. The van der Waals surface area contributed by atoms with Gasteiger partial charge in [-0.2, -0.15) is 0 Å². The molecule has 1 aromatic rings. The number of rotatable bonds is 8. The van der Waals surface area contributed by atoms with Crippen LogP contribution >= 0.6 is 11.6 Å². The van der Waals surface area contributed by atoms with Gasteiger partial charge in [0, 0.05) is 19.1 Å². The SMILES string of the molecule is CC(C)COCCC(CCl)Cc1ccc(F)cc1. The Morgan fingerprint density at radius 2 is 1.89 bits per heavy atom. The van der Waals surface area contributed by atoms with Crippen LogP contribution in [0.3, 0.4) is 0 Å². The molecule has 0 fully saturated rings. The minimum atomic E-state index is -0.193. The van der Waals surface area contributed by atoms with E-state index in [-0.39, 0.29) is 5.82 Å². The number of ether oxygens (including phenoxy) is 1. The monoisotopic (exact) mass is 272 g/mol. The van der Waals surface area contributed by atoms with Crippen molar-refractivity contribution in [2.75, 3.05) is 19.1 Å². The highest BCUT2D eigenvalue weighted by Gasteiger charge is 2.09. The van der Waals surface area contributed by atoms with E-state index in [1.54, 1.807) is 0 Å². The maximum absolute atomic E-state index is 12.8. The summed E-state index contributed by atoms with van der Waals surface area (Å²) in [5.74, 6) is 1.38. The number of halogens is 2. The Labute approximate surface area is 114 Å². The van der Waals surface area contributed by atoms with Crippen LogP contribution in [0.4, 0.5) is 4.39 Å². The standard InChI is InChI=1S/C15H22ClFO/c1-12(2)11-18-8-7-14(10-16)9-13-3-5-15(17)6-4-13/h3-6,12,14H,7-11H2,1-2H3. The van der Waals surface area contributed by atoms with Crippen molar-refractivity contribution in [2.24, 2.45) is 11.8 Å². The summed E-state index contributed by atoms with van der Waals surface area (Å²) in [5.41, 5.74) is 1.13. The van der Waals surface area contributed by atoms with E-state index in [0.717, 1.165) is 31.6 Å². The number of hydrogen-bond donors (Lipinski definition) is 0. The first-order valence-corrected chi connectivity index (χ1v) is 7.03. The van der Waals surface area contributed by atoms with Gasteiger partial charge in [-0.3, -0.25) is 0 Å². The highest BCUT2D eigenvalue weighted by Crippen LogP contribution is 2.15. The Balaban J connectivity index is 2.30. The maximum atomic E-state index is 12.8. The molecule has 102 valence electrons. The van der Waals surface area contributed by atoms with Crippen LogP contribution in [0, 0.1) is 17.7 Å². The number of benzene rings is 1. The van der Waals surface area contributed by atoms with Gasteiger partial charge in [0.05, 0.1) is 0 Å². The predicted molar refractivity (Wildman–Crippen MR) is 74.6 cm³/mol. The molecule has 0 aliphatic rings. The molecule has 0 amide bonds. The van der Waals surface area contributed by atoms with Crippen molar-refractivity contribution >= 4 is 11.6 Å². The molecule has 0 bridgehead atoms. The fourth-order valence-electron chi connectivity index (χ4n) is 1.76. The molecule has 18 heavy (non-hydrogen) atoms. The van der Waals surface area contributed by atoms with Gasteiger partial charge < -0.3 is 4.74 Å². The van der Waals surface area contributed by atoms with Crippen LogP contribution in [-0.4, -0.2) is 19.1 Å². The first-order valence-electron chi connectivity index (χ1n) is 6.50. The van der Waals surface area contributed by atoms with E-state index in [9.17, 15) is 4.39 Å². The highest BCUT2D eigenvalue weighted by atomic mass is 35.5. The van der Waals surface area contributed by atoms with Gasteiger partial charge in [0.25, 0.3) is 0 Å². The molecule has 0 saturated carbocycles. The van der Waals surface area contributed by atoms with Crippen molar-refractivity contribution in [3.63, 3.8) is 0 Å². The molecule has 0 N–H and O–H groups in total. The summed E-state index contributed by atoms with van der Waals surface area (Å²) >= 11 is 5.96. The molecule has 1 aromatic carbocycles. The lowest BCUT2D eigenvalue weighted by Crippen LogP contribution is -2.12. The van der Waals surface area contributed by atoms with Crippen molar-refractivity contribution in [2.45, 2.75) is 26.7 Å². The molecular formula is C15H22ClFO. The smallest absolute Gasteiger partial charge is 0.123 e. The normalized spacial score (nSPS) is 12.9. The van der Waals surface area contributed by atoms with Crippen LogP contribution in [-0.2, 0) is 11.2 Å². The maximum Gasteiger partial charge on any atom is 0.123 e. The molecule has 0 saturated heterocycles. The Kier molecular flexibility index (Phi) is 7.29. The molecule has 0 aromatic heterocycles. The largest absolute Gasteiger partial charge is 0.381 e. The molecule has 1 nitrogen and oxygen atoms in total. The van der Waals surface area contributed by atoms with Crippen LogP contribution in [0.5, 0.6) is 0 Å². The van der Waals surface area contributed by atoms with E-state index in [0.29, 0.717) is 17.7 Å². The highest BCUT2D eigenvalue weighted by molar-refractivity contribution is 6.18. The van der Waals surface area contributed by atoms with E-state index in [2.05, 4.69) is 13.8 Å². The summed E-state index contributed by atoms with van der Waals surface area (Å²) in [6.07, 6.45) is 1.84. The molecule has 0 radical (unpaired) electrons. The summed E-state index contributed by atoms with van der Waals surface area (Å²) in [6.45, 7) is 5.82. The lowest BCUT2D eigenvalue weighted by atomic mass is 9.98. The van der Waals surface area contributed by atoms with Crippen LogP contribution in [0.1, 0.15) is 25.8 Å². The summed E-state index contributed by atoms with van der Waals surface area (Å²) < 4.78 is 18.3. The average Bonchev–Trinajstić information content (AvgIpc) is 2.35. The molecule has 0 spiro atoms. The van der Waals surface area contributed by atoms with E-state index < -0.39 is 0 Å². The molecule has 1 unspecified atom stereocenters. The van der Waals surface area contributed by atoms with Crippen molar-refractivity contribution in [3.8, 4) is 0 Å². The quantitative estimate of drug-likeness (QED) is 0.507. The van der Waals surface area contributed by atoms with Crippen molar-refractivity contribution in [1.82, 2.24) is 0 Å². The topological polar surface area (TPSA) is 9.23 Å². The summed E-state index contributed by atoms with van der Waals surface area (Å²) in [5, 5.41) is 0. The zero-order chi connectivity index (χ0) is 13.4. The van der Waals surface area contributed by atoms with Crippen LogP contribution in [0.2, 0.25) is 0 Å². The summed E-state index contributed by atoms with van der Waals surface area (Å²) in [6, 6.07) is 6.64. The third-order valence-corrected chi connectivity index (χ3v) is 3.21. The minimum absolute atomic E-state index is 0.193. The third-order valence-electron chi connectivity index (χ3n) is 2.78. The van der Waals surface area contributed by atoms with Gasteiger partial charge in [0.1, 0.15) is 5.82 Å². The van der Waals surface area contributed by atoms with Gasteiger partial charge >= 0.3 is 0 Å². The molecule has 0 aliphatic heterocycles. The van der Waals surface area contributed by atoms with Crippen LogP contribution in [0.25, 0.3) is 0 Å². The van der Waals surface area contributed by atoms with E-state index >= 15 is 0 Å². The molecule has 1 atom stereocenters. The van der Waals surface area contributed by atoms with Gasteiger partial charge in [0.2, 0.25) is 0 Å². The molecular weight excluding hydrogens is 251 g/mol. The second-order valence-electron chi connectivity index (χ2n) is 5.11. The van der Waals surface area contributed by atoms with Gasteiger partial charge in [-0.1, -0.05) is 26.0 Å². The Morgan fingerprint density at radius 3 is 2.44 bits per heavy atom. The molecule has 1 rings (SSSR count). The lowest BCUT2D eigenvalue weighted by molar-refractivity contribution is 0.0996. The molecule has 3 heteroatoms. The summed E-state index contributed by atoms with van der Waals surface area (Å²) in [7, 11) is 0. The first-order chi connectivity index (χ1) is 8.61. The van der Waals surface area contributed by atoms with E-state index in [4.69, 9.17) is 16.3 Å². The predicted octanol–water partition coefficient (Wildman–Crippen LogP) is 4.29. The second-order valence-corrected chi connectivity index (χ2v) is 5.42. The van der Waals surface area contributed by atoms with Gasteiger partial charge in [-0.25, -0.2) is 4.39 Å². The zero-order valence-electron chi connectivity index (χ0n) is 11.2. The van der Waals surface area contributed by atoms with Gasteiger partial charge in [-0.05, 0) is 42.4 Å². The van der Waals surface area contributed by atoms with E-state index in [1.165, 1.54) is 12.1 Å². The average molecular weight is 273 g/mol. The van der Waals surface area contributed by atoms with Crippen LogP contribution < -0.4 is 0 Å². The number of hydrogen-bond acceptors (Lipinski definition) is 1. The van der Waals surface area contributed by atoms with Crippen molar-refractivity contribution in [3.05, 3.63) is 35.6 Å². The zero-order valence-corrected chi connectivity index (χ0v) is 11.9. The van der Waals surface area contributed by atoms with Crippen molar-refractivity contribution < 1.29 is 9.13 Å². The van der Waals surface area contributed by atoms with Crippen molar-refractivity contribution in [1.29, 1.82) is 0 Å². The van der Waals surface area contributed by atoms with Gasteiger partial charge in [-0.15, -0.1) is 11.6 Å².